The lowest BCUT2D eigenvalue weighted by atomic mass is 9.85. The average Bonchev–Trinajstić information content (AvgIpc) is 2.76. The third kappa shape index (κ3) is 2.70. The number of aromatic nitrogens is 1. The molecule has 1 fully saturated rings. The van der Waals surface area contributed by atoms with Crippen molar-refractivity contribution >= 4 is 0 Å². The van der Waals surface area contributed by atoms with Crippen LogP contribution in [0.15, 0.2) is 18.3 Å². The van der Waals surface area contributed by atoms with Gasteiger partial charge in [-0.3, -0.25) is 0 Å². The molecule has 96 valence electrons. The van der Waals surface area contributed by atoms with Gasteiger partial charge in [0, 0.05) is 30.4 Å². The van der Waals surface area contributed by atoms with Crippen LogP contribution in [0.25, 0.3) is 0 Å². The van der Waals surface area contributed by atoms with E-state index in [1.54, 1.807) is 0 Å². The number of hydrogen-bond acceptors (Lipinski definition) is 3. The highest BCUT2D eigenvalue weighted by Gasteiger charge is 2.38. The van der Waals surface area contributed by atoms with Crippen LogP contribution in [0.5, 0.6) is 0 Å². The Morgan fingerprint density at radius 2 is 2.29 bits per heavy atom. The topological polar surface area (TPSA) is 57.3 Å². The molecule has 3 N–H and O–H groups in total. The van der Waals surface area contributed by atoms with Gasteiger partial charge in [0.15, 0.2) is 0 Å². The van der Waals surface area contributed by atoms with Gasteiger partial charge in [0.25, 0.3) is 0 Å². The molecule has 0 unspecified atom stereocenters. The van der Waals surface area contributed by atoms with Crippen LogP contribution in [0.3, 0.4) is 0 Å². The van der Waals surface area contributed by atoms with Crippen LogP contribution in [-0.4, -0.2) is 43.0 Å². The first-order valence-corrected chi connectivity index (χ1v) is 6.11. The Labute approximate surface area is 102 Å². The Balaban J connectivity index is 1.82. The normalized spacial score (nSPS) is 19.0. The van der Waals surface area contributed by atoms with E-state index in [2.05, 4.69) is 30.2 Å². The average molecular weight is 238 g/mol. The molecule has 0 amide bonds. The third-order valence-electron chi connectivity index (χ3n) is 3.55. The minimum absolute atomic E-state index is 0.0498. The highest BCUT2D eigenvalue weighted by atomic mass is 16.5. The quantitative estimate of drug-likeness (QED) is 0.690. The van der Waals surface area contributed by atoms with E-state index in [0.29, 0.717) is 13.2 Å². The van der Waals surface area contributed by atoms with Crippen LogP contribution in [0.4, 0.5) is 0 Å². The van der Waals surface area contributed by atoms with Crippen LogP contribution in [0, 0.1) is 5.41 Å². The highest BCUT2D eigenvalue weighted by Crippen LogP contribution is 2.26. The van der Waals surface area contributed by atoms with Gasteiger partial charge in [-0.25, -0.2) is 0 Å². The van der Waals surface area contributed by atoms with Gasteiger partial charge in [0.2, 0.25) is 0 Å². The minimum atomic E-state index is -0.0498. The molecule has 0 aliphatic carbocycles. The second kappa shape index (κ2) is 4.80. The summed E-state index contributed by atoms with van der Waals surface area (Å²) in [5.74, 6) is 0. The van der Waals surface area contributed by atoms with Gasteiger partial charge < -0.3 is 20.1 Å². The van der Waals surface area contributed by atoms with Gasteiger partial charge in [-0.05, 0) is 12.1 Å². The van der Waals surface area contributed by atoms with Crippen molar-refractivity contribution < 1.29 is 9.84 Å². The Kier molecular flexibility index (Phi) is 3.56. The fourth-order valence-corrected chi connectivity index (χ4v) is 2.13. The summed E-state index contributed by atoms with van der Waals surface area (Å²) in [6.07, 6.45) is 1.95. The van der Waals surface area contributed by atoms with Crippen molar-refractivity contribution in [2.75, 3.05) is 32.9 Å². The van der Waals surface area contributed by atoms with Gasteiger partial charge in [-0.15, -0.1) is 0 Å². The van der Waals surface area contributed by atoms with Crippen LogP contribution in [0.2, 0.25) is 0 Å². The maximum atomic E-state index is 9.32. The van der Waals surface area contributed by atoms with Gasteiger partial charge >= 0.3 is 0 Å². The predicted octanol–water partition coefficient (Wildman–Crippen LogP) is 0.891. The van der Waals surface area contributed by atoms with Crippen molar-refractivity contribution in [3.05, 3.63) is 24.0 Å². The Hall–Kier alpha value is -0.840. The van der Waals surface area contributed by atoms with Crippen LogP contribution < -0.4 is 5.32 Å². The highest BCUT2D eigenvalue weighted by molar-refractivity contribution is 5.15. The summed E-state index contributed by atoms with van der Waals surface area (Å²) in [5, 5.41) is 12.8. The van der Waals surface area contributed by atoms with E-state index in [0.717, 1.165) is 13.1 Å². The SMILES string of the molecule is CC(C)(CNCC1(CO)COC1)c1ccc[nH]1. The maximum Gasteiger partial charge on any atom is 0.0579 e. The zero-order valence-electron chi connectivity index (χ0n) is 10.6. The van der Waals surface area contributed by atoms with E-state index < -0.39 is 0 Å². The fraction of sp³-hybridized carbons (Fsp3) is 0.692. The first kappa shape index (κ1) is 12.6. The monoisotopic (exact) mass is 238 g/mol. The Morgan fingerprint density at radius 3 is 2.76 bits per heavy atom. The van der Waals surface area contributed by atoms with Crippen molar-refractivity contribution in [1.82, 2.24) is 10.3 Å². The lowest BCUT2D eigenvalue weighted by molar-refractivity contribution is -0.134. The molecule has 0 radical (unpaired) electrons. The molecule has 0 aromatic carbocycles. The van der Waals surface area contributed by atoms with Crippen LogP contribution >= 0.6 is 0 Å². The number of ether oxygens (including phenoxy) is 1. The van der Waals surface area contributed by atoms with Crippen molar-refractivity contribution in [2.24, 2.45) is 5.41 Å². The third-order valence-corrected chi connectivity index (χ3v) is 3.55. The van der Waals surface area contributed by atoms with E-state index in [4.69, 9.17) is 4.74 Å². The summed E-state index contributed by atoms with van der Waals surface area (Å²) in [7, 11) is 0. The van der Waals surface area contributed by atoms with Crippen LogP contribution in [-0.2, 0) is 10.2 Å². The molecule has 1 aliphatic rings. The summed E-state index contributed by atoms with van der Waals surface area (Å²) in [5.41, 5.74) is 1.25. The molecule has 0 saturated carbocycles. The number of aromatic amines is 1. The van der Waals surface area contributed by atoms with Gasteiger partial charge in [-0.1, -0.05) is 13.8 Å². The van der Waals surface area contributed by atoms with E-state index in [-0.39, 0.29) is 17.4 Å². The van der Waals surface area contributed by atoms with E-state index in [9.17, 15) is 5.11 Å². The second-order valence-corrected chi connectivity index (χ2v) is 5.72. The molecule has 17 heavy (non-hydrogen) atoms. The number of aliphatic hydroxyl groups excluding tert-OH is 1. The van der Waals surface area contributed by atoms with Crippen molar-refractivity contribution in [3.8, 4) is 0 Å². The number of rotatable bonds is 6. The molecular formula is C13H22N2O2. The van der Waals surface area contributed by atoms with Crippen molar-refractivity contribution in [2.45, 2.75) is 19.3 Å². The second-order valence-electron chi connectivity index (χ2n) is 5.72. The van der Waals surface area contributed by atoms with E-state index in [1.807, 2.05) is 12.3 Å². The zero-order valence-corrected chi connectivity index (χ0v) is 10.6. The molecular weight excluding hydrogens is 216 g/mol. The van der Waals surface area contributed by atoms with Gasteiger partial charge in [-0.2, -0.15) is 0 Å². The van der Waals surface area contributed by atoms with E-state index >= 15 is 0 Å². The summed E-state index contributed by atoms with van der Waals surface area (Å²) in [6.45, 7) is 7.63. The molecule has 1 aromatic heterocycles. The minimum Gasteiger partial charge on any atom is -0.396 e. The van der Waals surface area contributed by atoms with Crippen molar-refractivity contribution in [3.63, 3.8) is 0 Å². The Morgan fingerprint density at radius 1 is 1.53 bits per heavy atom. The molecule has 2 rings (SSSR count). The smallest absolute Gasteiger partial charge is 0.0579 e. The maximum absolute atomic E-state index is 9.32. The number of aliphatic hydroxyl groups is 1. The van der Waals surface area contributed by atoms with Crippen molar-refractivity contribution in [1.29, 1.82) is 0 Å². The number of H-pyrrole nitrogens is 1. The fourth-order valence-electron chi connectivity index (χ4n) is 2.13. The molecule has 0 spiro atoms. The summed E-state index contributed by atoms with van der Waals surface area (Å²) in [6, 6.07) is 4.13. The molecule has 4 heteroatoms. The summed E-state index contributed by atoms with van der Waals surface area (Å²) < 4.78 is 5.18. The van der Waals surface area contributed by atoms with Crippen LogP contribution in [0.1, 0.15) is 19.5 Å². The van der Waals surface area contributed by atoms with E-state index in [1.165, 1.54) is 5.69 Å². The number of hydrogen-bond donors (Lipinski definition) is 3. The molecule has 4 nitrogen and oxygen atoms in total. The Bertz CT molecular complexity index is 337. The lowest BCUT2D eigenvalue weighted by Crippen LogP contribution is -2.53. The zero-order chi connectivity index (χ0) is 12.4. The molecule has 0 atom stereocenters. The molecule has 2 heterocycles. The standard InChI is InChI=1S/C13H22N2O2/c1-12(2,11-4-3-5-15-11)6-14-7-13(8-16)9-17-10-13/h3-5,14-16H,6-10H2,1-2H3. The molecule has 1 saturated heterocycles. The first-order valence-electron chi connectivity index (χ1n) is 6.11. The molecule has 1 aromatic rings. The first-order chi connectivity index (χ1) is 8.08. The predicted molar refractivity (Wildman–Crippen MR) is 67.0 cm³/mol. The largest absolute Gasteiger partial charge is 0.396 e. The summed E-state index contributed by atoms with van der Waals surface area (Å²) >= 11 is 0. The lowest BCUT2D eigenvalue weighted by Gasteiger charge is -2.40. The van der Waals surface area contributed by atoms with Gasteiger partial charge in [0.1, 0.15) is 0 Å². The summed E-state index contributed by atoms with van der Waals surface area (Å²) in [4.78, 5) is 3.25. The molecule has 0 bridgehead atoms. The van der Waals surface area contributed by atoms with Gasteiger partial charge in [0.05, 0.1) is 25.2 Å². The number of nitrogens with one attached hydrogen (secondary N) is 2. The molecule has 1 aliphatic heterocycles.